The molecule has 2 aliphatic rings. The number of carbonyl (C=O) groups is 3. The molecule has 2 aromatic carbocycles. The number of carbonyl (C=O) groups excluding carboxylic acids is 3. The van der Waals surface area contributed by atoms with Crippen LogP contribution in [0.1, 0.15) is 12.5 Å². The van der Waals surface area contributed by atoms with Gasteiger partial charge in [-0.3, -0.25) is 14.4 Å². The van der Waals surface area contributed by atoms with Gasteiger partial charge in [-0.15, -0.1) is 0 Å². The number of hydrogen-bond acceptors (Lipinski definition) is 5. The minimum absolute atomic E-state index is 0.181. The van der Waals surface area contributed by atoms with Crippen LogP contribution in [0.3, 0.4) is 0 Å². The molecule has 1 aliphatic carbocycles. The van der Waals surface area contributed by atoms with E-state index in [0.29, 0.717) is 22.0 Å². The van der Waals surface area contributed by atoms with Crippen molar-refractivity contribution in [2.75, 3.05) is 18.6 Å². The molecule has 28 heavy (non-hydrogen) atoms. The van der Waals surface area contributed by atoms with Crippen molar-refractivity contribution in [3.63, 3.8) is 0 Å². The van der Waals surface area contributed by atoms with Crippen molar-refractivity contribution in [2.45, 2.75) is 12.3 Å². The van der Waals surface area contributed by atoms with E-state index in [1.165, 1.54) is 7.11 Å². The van der Waals surface area contributed by atoms with Crippen molar-refractivity contribution < 1.29 is 23.9 Å². The van der Waals surface area contributed by atoms with Gasteiger partial charge in [0.2, 0.25) is 11.8 Å². The molecule has 6 nitrogen and oxygen atoms in total. The molecule has 0 spiro atoms. The molecule has 2 aromatic rings. The first-order valence-electron chi connectivity index (χ1n) is 8.92. The van der Waals surface area contributed by atoms with Crippen LogP contribution in [0.25, 0.3) is 0 Å². The van der Waals surface area contributed by atoms with Gasteiger partial charge in [-0.05, 0) is 36.8 Å². The van der Waals surface area contributed by atoms with Crippen LogP contribution in [0.15, 0.2) is 48.5 Å². The lowest BCUT2D eigenvalue weighted by Gasteiger charge is -2.22. The Kier molecular flexibility index (Phi) is 4.38. The van der Waals surface area contributed by atoms with Crippen molar-refractivity contribution in [1.82, 2.24) is 0 Å². The van der Waals surface area contributed by atoms with E-state index in [0.717, 1.165) is 4.90 Å². The average Bonchev–Trinajstić information content (AvgIpc) is 3.34. The minimum Gasteiger partial charge on any atom is -0.497 e. The number of halogens is 1. The Labute approximate surface area is 167 Å². The maximum absolute atomic E-state index is 13.5. The number of methoxy groups -OCH3 is 1. The topological polar surface area (TPSA) is 72.9 Å². The number of nitrogens with zero attached hydrogens (tertiary/aromatic N) is 1. The number of amides is 2. The number of rotatable bonds is 5. The molecule has 1 saturated carbocycles. The summed E-state index contributed by atoms with van der Waals surface area (Å²) in [4.78, 5) is 40.3. The van der Waals surface area contributed by atoms with E-state index in [-0.39, 0.29) is 6.61 Å². The molecule has 1 heterocycles. The van der Waals surface area contributed by atoms with E-state index in [1.807, 2.05) is 0 Å². The molecular weight excluding hydrogens is 382 g/mol. The van der Waals surface area contributed by atoms with Gasteiger partial charge in [0.25, 0.3) is 0 Å². The fraction of sp³-hybridized carbons (Fsp3) is 0.286. The summed E-state index contributed by atoms with van der Waals surface area (Å²) in [7, 11) is 1.51. The third-order valence-electron chi connectivity index (χ3n) is 5.42. The monoisotopic (exact) mass is 399 g/mol. The van der Waals surface area contributed by atoms with Gasteiger partial charge in [0.1, 0.15) is 11.2 Å². The van der Waals surface area contributed by atoms with E-state index in [1.54, 1.807) is 55.5 Å². The number of ether oxygens (including phenoxy) is 2. The zero-order chi connectivity index (χ0) is 20.1. The van der Waals surface area contributed by atoms with Gasteiger partial charge >= 0.3 is 5.97 Å². The highest BCUT2D eigenvalue weighted by atomic mass is 35.5. The molecule has 1 saturated heterocycles. The van der Waals surface area contributed by atoms with Gasteiger partial charge < -0.3 is 9.47 Å². The molecule has 0 unspecified atom stereocenters. The van der Waals surface area contributed by atoms with E-state index < -0.39 is 35.0 Å². The van der Waals surface area contributed by atoms with E-state index in [2.05, 4.69) is 0 Å². The second-order valence-electron chi connectivity index (χ2n) is 6.76. The van der Waals surface area contributed by atoms with Crippen LogP contribution in [-0.4, -0.2) is 31.5 Å². The molecule has 1 aliphatic heterocycles. The van der Waals surface area contributed by atoms with Gasteiger partial charge in [0, 0.05) is 11.1 Å². The van der Waals surface area contributed by atoms with E-state index in [4.69, 9.17) is 21.1 Å². The van der Waals surface area contributed by atoms with E-state index >= 15 is 0 Å². The highest BCUT2D eigenvalue weighted by molar-refractivity contribution is 6.32. The van der Waals surface area contributed by atoms with Crippen LogP contribution in [-0.2, 0) is 24.5 Å². The highest BCUT2D eigenvalue weighted by Gasteiger charge is 2.83. The summed E-state index contributed by atoms with van der Waals surface area (Å²) in [5.41, 5.74) is -0.252. The lowest BCUT2D eigenvalue weighted by atomic mass is 9.91. The van der Waals surface area contributed by atoms with Crippen LogP contribution >= 0.6 is 11.6 Å². The van der Waals surface area contributed by atoms with Crippen LogP contribution in [0.5, 0.6) is 5.75 Å². The summed E-state index contributed by atoms with van der Waals surface area (Å²) >= 11 is 5.98. The lowest BCUT2D eigenvalue weighted by Crippen LogP contribution is -2.40. The normalized spacial score (nSPS) is 25.5. The Bertz CT molecular complexity index is 973. The Morgan fingerprint density at radius 1 is 1.18 bits per heavy atom. The summed E-state index contributed by atoms with van der Waals surface area (Å²) < 4.78 is 10.3. The van der Waals surface area contributed by atoms with Crippen LogP contribution < -0.4 is 9.64 Å². The molecule has 0 bridgehead atoms. The van der Waals surface area contributed by atoms with Crippen molar-refractivity contribution in [2.24, 2.45) is 11.8 Å². The third kappa shape index (κ3) is 2.44. The Morgan fingerprint density at radius 3 is 2.54 bits per heavy atom. The number of anilines is 1. The first kappa shape index (κ1) is 18.5. The Morgan fingerprint density at radius 2 is 1.89 bits per heavy atom. The number of benzene rings is 2. The third-order valence-corrected chi connectivity index (χ3v) is 5.67. The SMILES string of the molecule is CCOC(=O)[C@@H]1[C@H]2C(=O)N(c3cccc(OC)c3)C(=O)[C@]12c1ccc(Cl)cc1. The fourth-order valence-electron chi connectivity index (χ4n) is 4.17. The molecule has 0 aromatic heterocycles. The number of piperidine rings is 1. The van der Waals surface area contributed by atoms with Gasteiger partial charge in [-0.1, -0.05) is 29.8 Å². The quantitative estimate of drug-likeness (QED) is 0.571. The molecule has 0 radical (unpaired) electrons. The second kappa shape index (κ2) is 6.63. The summed E-state index contributed by atoms with van der Waals surface area (Å²) in [6, 6.07) is 13.4. The lowest BCUT2D eigenvalue weighted by molar-refractivity contribution is -0.147. The molecule has 2 amide bonds. The predicted octanol–water partition coefficient (Wildman–Crippen LogP) is 2.97. The molecular formula is C21H18ClNO5. The number of imide groups is 1. The summed E-state index contributed by atoms with van der Waals surface area (Å²) in [5, 5.41) is 0.506. The zero-order valence-corrected chi connectivity index (χ0v) is 16.1. The van der Waals surface area contributed by atoms with Crippen molar-refractivity contribution in [3.8, 4) is 5.75 Å². The Balaban J connectivity index is 1.80. The first-order valence-corrected chi connectivity index (χ1v) is 9.29. The zero-order valence-electron chi connectivity index (χ0n) is 15.3. The highest BCUT2D eigenvalue weighted by Crippen LogP contribution is 2.66. The van der Waals surface area contributed by atoms with Crippen LogP contribution in [0.2, 0.25) is 5.02 Å². The van der Waals surface area contributed by atoms with Gasteiger partial charge in [-0.25, -0.2) is 4.90 Å². The van der Waals surface area contributed by atoms with Crippen LogP contribution in [0, 0.1) is 11.8 Å². The molecule has 2 fully saturated rings. The first-order chi connectivity index (χ1) is 13.5. The molecule has 3 atom stereocenters. The molecule has 7 heteroatoms. The summed E-state index contributed by atoms with van der Waals surface area (Å²) in [6.07, 6.45) is 0. The largest absolute Gasteiger partial charge is 0.497 e. The molecule has 0 N–H and O–H groups in total. The number of esters is 1. The van der Waals surface area contributed by atoms with E-state index in [9.17, 15) is 14.4 Å². The average molecular weight is 400 g/mol. The van der Waals surface area contributed by atoms with Gasteiger partial charge in [0.05, 0.1) is 31.2 Å². The maximum atomic E-state index is 13.5. The standard InChI is InChI=1S/C21H18ClNO5/c1-3-28-19(25)17-16-18(24)23(14-5-4-6-15(11-14)27-2)20(26)21(16,17)12-7-9-13(22)10-8-12/h4-11,16-17H,3H2,1-2H3/t16-,17-,21-/m0/s1. The number of hydrogen-bond donors (Lipinski definition) is 0. The summed E-state index contributed by atoms with van der Waals surface area (Å²) in [5.74, 6) is -2.46. The fourth-order valence-corrected chi connectivity index (χ4v) is 4.30. The number of fused-ring (bicyclic) bond motifs is 1. The van der Waals surface area contributed by atoms with Crippen LogP contribution in [0.4, 0.5) is 5.69 Å². The minimum atomic E-state index is -1.25. The Hall–Kier alpha value is -2.86. The second-order valence-corrected chi connectivity index (χ2v) is 7.20. The summed E-state index contributed by atoms with van der Waals surface area (Å²) in [6.45, 7) is 1.87. The molecule has 144 valence electrons. The van der Waals surface area contributed by atoms with Gasteiger partial charge in [-0.2, -0.15) is 0 Å². The van der Waals surface area contributed by atoms with Crippen molar-refractivity contribution >= 4 is 35.1 Å². The maximum Gasteiger partial charge on any atom is 0.311 e. The predicted molar refractivity (Wildman–Crippen MR) is 102 cm³/mol. The van der Waals surface area contributed by atoms with Gasteiger partial charge in [0.15, 0.2) is 0 Å². The smallest absolute Gasteiger partial charge is 0.311 e. The van der Waals surface area contributed by atoms with Crippen molar-refractivity contribution in [1.29, 1.82) is 0 Å². The van der Waals surface area contributed by atoms with Crippen molar-refractivity contribution in [3.05, 3.63) is 59.1 Å². The molecule has 4 rings (SSSR count).